The Morgan fingerprint density at radius 1 is 0.922 bits per heavy atom. The van der Waals surface area contributed by atoms with E-state index in [2.05, 4.69) is 41.5 Å². The number of Topliss-reactive ketones (excluding diaryl/α,β-unsaturated/α-hetero) is 1. The Kier molecular flexibility index (Phi) is 9.75. The van der Waals surface area contributed by atoms with Gasteiger partial charge in [-0.3, -0.25) is 19.2 Å². The maximum atomic E-state index is 13.9. The van der Waals surface area contributed by atoms with Gasteiger partial charge in [0.05, 0.1) is 11.8 Å². The van der Waals surface area contributed by atoms with E-state index in [-0.39, 0.29) is 46.0 Å². The molecule has 8 atom stereocenters. The number of ether oxygens (including phenoxy) is 1. The fourth-order valence-electron chi connectivity index (χ4n) is 12.8. The van der Waals surface area contributed by atoms with E-state index in [1.165, 1.54) is 5.57 Å². The zero-order chi connectivity index (χ0) is 37.3. The van der Waals surface area contributed by atoms with E-state index in [0.717, 1.165) is 63.4 Å². The van der Waals surface area contributed by atoms with Crippen molar-refractivity contribution in [3.63, 3.8) is 0 Å². The van der Waals surface area contributed by atoms with Gasteiger partial charge in [-0.05, 0) is 130 Å². The summed E-state index contributed by atoms with van der Waals surface area (Å²) in [6.45, 7) is 17.9. The van der Waals surface area contributed by atoms with Crippen LogP contribution in [0.25, 0.3) is 0 Å². The van der Waals surface area contributed by atoms with E-state index < -0.39 is 17.4 Å². The molecule has 5 aliphatic rings. The fourth-order valence-corrected chi connectivity index (χ4v) is 12.8. The Balaban J connectivity index is 1.23. The van der Waals surface area contributed by atoms with Crippen LogP contribution in [0.2, 0.25) is 0 Å². The first-order chi connectivity index (χ1) is 23.8. The van der Waals surface area contributed by atoms with Crippen molar-refractivity contribution in [1.29, 1.82) is 0 Å². The van der Waals surface area contributed by atoms with Crippen molar-refractivity contribution in [2.75, 3.05) is 13.6 Å². The maximum Gasteiger partial charge on any atom is 0.309 e. The van der Waals surface area contributed by atoms with E-state index >= 15 is 0 Å². The molecule has 0 bridgehead atoms. The average Bonchev–Trinajstić information content (AvgIpc) is 3.37. The Hall–Kier alpha value is -2.96. The minimum atomic E-state index is -1.16. The molecule has 1 aromatic rings. The summed E-state index contributed by atoms with van der Waals surface area (Å²) in [5, 5.41) is 9.59. The lowest BCUT2D eigenvalue weighted by molar-refractivity contribution is -0.213. The van der Waals surface area contributed by atoms with Crippen LogP contribution in [-0.4, -0.2) is 53.3 Å². The number of hydrogen-bond acceptors (Lipinski definition) is 5. The van der Waals surface area contributed by atoms with Crippen LogP contribution in [0.3, 0.4) is 0 Å². The van der Waals surface area contributed by atoms with Crippen LogP contribution in [0.1, 0.15) is 136 Å². The van der Waals surface area contributed by atoms with Gasteiger partial charge < -0.3 is 14.7 Å². The third kappa shape index (κ3) is 6.20. The Labute approximate surface area is 306 Å². The first kappa shape index (κ1) is 37.8. The van der Waals surface area contributed by atoms with Crippen molar-refractivity contribution in [1.82, 2.24) is 4.90 Å². The quantitative estimate of drug-likeness (QED) is 0.258. The second-order valence-electron chi connectivity index (χ2n) is 19.4. The number of allylic oxidation sites excluding steroid dienone is 2. The molecule has 7 heteroatoms. The normalized spacial score (nSPS) is 35.7. The topological polar surface area (TPSA) is 101 Å². The molecular weight excluding hydrogens is 638 g/mol. The van der Waals surface area contributed by atoms with E-state index in [0.29, 0.717) is 48.0 Å². The molecule has 0 saturated heterocycles. The molecule has 4 saturated carbocycles. The number of amides is 1. The zero-order valence-corrected chi connectivity index (χ0v) is 32.8. The third-order valence-electron chi connectivity index (χ3n) is 15.4. The second kappa shape index (κ2) is 13.2. The van der Waals surface area contributed by atoms with Gasteiger partial charge in [0.2, 0.25) is 0 Å². The first-order valence-electron chi connectivity index (χ1n) is 19.8. The second-order valence-corrected chi connectivity index (χ2v) is 19.4. The van der Waals surface area contributed by atoms with Crippen LogP contribution in [0, 0.1) is 56.7 Å². The van der Waals surface area contributed by atoms with Gasteiger partial charge in [-0.25, -0.2) is 0 Å². The number of ketones is 1. The molecule has 0 aromatic heterocycles. The van der Waals surface area contributed by atoms with Gasteiger partial charge in [0, 0.05) is 36.4 Å². The lowest BCUT2D eigenvalue weighted by Crippen LogP contribution is -2.63. The van der Waals surface area contributed by atoms with Crippen LogP contribution < -0.4 is 0 Å². The van der Waals surface area contributed by atoms with Gasteiger partial charge in [-0.1, -0.05) is 65.3 Å². The minimum absolute atomic E-state index is 0.0363. The van der Waals surface area contributed by atoms with Crippen molar-refractivity contribution in [3.05, 3.63) is 47.0 Å². The number of nitrogens with zero attached hydrogens (tertiary/aromatic N) is 1. The molecule has 0 radical (unpaired) electrons. The smallest absolute Gasteiger partial charge is 0.309 e. The van der Waals surface area contributed by atoms with E-state index in [9.17, 15) is 24.3 Å². The van der Waals surface area contributed by atoms with Crippen LogP contribution in [0.4, 0.5) is 0 Å². The number of hydrogen-bond donors (Lipinski definition) is 1. The number of carboxylic acid groups (broad SMARTS) is 1. The highest BCUT2D eigenvalue weighted by Crippen LogP contribution is 2.73. The SMILES string of the molecule is CC(C)C1=C2C3CCC4C(C)(CCC5C(C)(C)C(OC(=O)CC(C)(C)C(=O)O)CCC54C)C3CCC2(CCN(C)C(=O)c2ccccc2)CC1=O. The number of carbonyl (C=O) groups is 4. The van der Waals surface area contributed by atoms with Gasteiger partial charge in [-0.15, -0.1) is 0 Å². The summed E-state index contributed by atoms with van der Waals surface area (Å²) in [5.41, 5.74) is 2.00. The largest absolute Gasteiger partial charge is 0.481 e. The average molecular weight is 702 g/mol. The zero-order valence-electron chi connectivity index (χ0n) is 32.8. The third-order valence-corrected chi connectivity index (χ3v) is 15.4. The number of aliphatic carboxylic acids is 1. The van der Waals surface area contributed by atoms with Crippen LogP contribution in [0.5, 0.6) is 0 Å². The van der Waals surface area contributed by atoms with Crippen LogP contribution >= 0.6 is 0 Å². The van der Waals surface area contributed by atoms with Gasteiger partial charge in [0.25, 0.3) is 5.91 Å². The molecule has 0 aliphatic heterocycles. The summed E-state index contributed by atoms with van der Waals surface area (Å²) in [4.78, 5) is 53.9. The molecule has 1 N–H and O–H groups in total. The van der Waals surface area contributed by atoms with E-state index in [1.54, 1.807) is 13.8 Å². The van der Waals surface area contributed by atoms with E-state index in [4.69, 9.17) is 4.74 Å². The Bertz CT molecular complexity index is 1590. The molecule has 280 valence electrons. The summed E-state index contributed by atoms with van der Waals surface area (Å²) in [6, 6.07) is 9.50. The Morgan fingerprint density at radius 2 is 1.59 bits per heavy atom. The predicted molar refractivity (Wildman–Crippen MR) is 199 cm³/mol. The highest BCUT2D eigenvalue weighted by atomic mass is 16.5. The highest BCUT2D eigenvalue weighted by molar-refractivity contribution is 6.00. The summed E-state index contributed by atoms with van der Waals surface area (Å²) in [7, 11) is 1.90. The number of carbonyl (C=O) groups excluding carboxylic acids is 3. The summed E-state index contributed by atoms with van der Waals surface area (Å²) < 4.78 is 6.15. The van der Waals surface area contributed by atoms with Gasteiger partial charge in [-0.2, -0.15) is 0 Å². The van der Waals surface area contributed by atoms with Crippen molar-refractivity contribution in [2.45, 2.75) is 132 Å². The molecule has 5 aliphatic carbocycles. The first-order valence-corrected chi connectivity index (χ1v) is 19.8. The lowest BCUT2D eigenvalue weighted by Gasteiger charge is -2.69. The van der Waals surface area contributed by atoms with Gasteiger partial charge >= 0.3 is 11.9 Å². The molecule has 6 rings (SSSR count). The molecule has 4 fully saturated rings. The van der Waals surface area contributed by atoms with Crippen molar-refractivity contribution in [2.24, 2.45) is 56.7 Å². The summed E-state index contributed by atoms with van der Waals surface area (Å²) >= 11 is 0. The van der Waals surface area contributed by atoms with E-state index in [1.807, 2.05) is 42.3 Å². The molecule has 51 heavy (non-hydrogen) atoms. The standard InChI is InChI=1S/C44H63NO6/c1-27(2)36-31(46)25-44(23-24-45(9)38(48)28-13-11-10-12-14-28)22-17-30-29(37(36)44)15-16-33-42(30,7)20-18-32-41(5,6)34(19-21-43(32,33)8)51-35(47)26-40(3,4)39(49)50/h10-14,27,29-30,32-34H,15-26H2,1-9H3,(H,49,50). The molecule has 0 spiro atoms. The maximum absolute atomic E-state index is 13.9. The summed E-state index contributed by atoms with van der Waals surface area (Å²) in [6.07, 6.45) is 9.48. The van der Waals surface area contributed by atoms with Crippen molar-refractivity contribution < 1.29 is 29.0 Å². The summed E-state index contributed by atoms with van der Waals surface area (Å²) in [5.74, 6) is 1.05. The molecule has 7 nitrogen and oxygen atoms in total. The monoisotopic (exact) mass is 701 g/mol. The number of fused-ring (bicyclic) bond motifs is 7. The van der Waals surface area contributed by atoms with Crippen LogP contribution in [-0.2, 0) is 19.1 Å². The molecular formula is C44H63NO6. The number of esters is 1. The van der Waals surface area contributed by atoms with Crippen LogP contribution in [0.15, 0.2) is 41.5 Å². The fraction of sp³-hybridized carbons (Fsp3) is 0.727. The molecule has 1 aromatic carbocycles. The highest BCUT2D eigenvalue weighted by Gasteiger charge is 2.66. The Morgan fingerprint density at radius 3 is 2.24 bits per heavy atom. The van der Waals surface area contributed by atoms with Gasteiger partial charge in [0.1, 0.15) is 6.10 Å². The minimum Gasteiger partial charge on any atom is -0.481 e. The number of rotatable bonds is 9. The molecule has 0 heterocycles. The van der Waals surface area contributed by atoms with Crippen molar-refractivity contribution >= 4 is 23.6 Å². The predicted octanol–water partition coefficient (Wildman–Crippen LogP) is 9.15. The number of benzene rings is 1. The van der Waals surface area contributed by atoms with Crippen molar-refractivity contribution in [3.8, 4) is 0 Å². The number of carboxylic acids is 1. The molecule has 8 unspecified atom stereocenters. The lowest BCUT2D eigenvalue weighted by atomic mass is 9.36. The van der Waals surface area contributed by atoms with Gasteiger partial charge in [0.15, 0.2) is 5.78 Å². The molecule has 1 amide bonds.